The Morgan fingerprint density at radius 1 is 1.17 bits per heavy atom. The van der Waals surface area contributed by atoms with E-state index in [0.717, 1.165) is 12.5 Å². The largest absolute Gasteiger partial charge is 0.378 e. The molecule has 1 nitrogen and oxygen atoms in total. The minimum Gasteiger partial charge on any atom is -0.378 e. The fraction of sp³-hybridized carbons (Fsp3) is 1.00. The van der Waals surface area contributed by atoms with Gasteiger partial charge in [0.15, 0.2) is 0 Å². The average Bonchev–Trinajstić information content (AvgIpc) is 2.09. The molecule has 12 heavy (non-hydrogen) atoms. The first-order valence-corrected chi connectivity index (χ1v) is 5.44. The molecule has 0 amide bonds. The molecule has 0 aromatic carbocycles. The molecular weight excluding hydrogens is 148 g/mol. The monoisotopic (exact) mass is 170 g/mol. The SMILES string of the molecule is CCCCOC1CCC(C)CC1. The molecule has 0 atom stereocenters. The zero-order valence-corrected chi connectivity index (χ0v) is 8.51. The molecule has 0 aliphatic heterocycles. The highest BCUT2D eigenvalue weighted by Crippen LogP contribution is 2.25. The minimum absolute atomic E-state index is 0.591. The molecule has 1 aliphatic carbocycles. The normalized spacial score (nSPS) is 30.5. The Hall–Kier alpha value is -0.0400. The van der Waals surface area contributed by atoms with Crippen molar-refractivity contribution in [2.24, 2.45) is 5.92 Å². The van der Waals surface area contributed by atoms with Crippen LogP contribution in [-0.4, -0.2) is 12.7 Å². The zero-order chi connectivity index (χ0) is 8.81. The van der Waals surface area contributed by atoms with Gasteiger partial charge in [0.2, 0.25) is 0 Å². The molecular formula is C11H22O. The van der Waals surface area contributed by atoms with Gasteiger partial charge in [-0.2, -0.15) is 0 Å². The summed E-state index contributed by atoms with van der Waals surface area (Å²) in [6, 6.07) is 0. The lowest BCUT2D eigenvalue weighted by molar-refractivity contribution is 0.0185. The zero-order valence-electron chi connectivity index (χ0n) is 8.51. The van der Waals surface area contributed by atoms with Gasteiger partial charge in [0, 0.05) is 6.61 Å². The molecule has 72 valence electrons. The molecule has 0 heterocycles. The fourth-order valence-corrected chi connectivity index (χ4v) is 1.79. The highest BCUT2D eigenvalue weighted by Gasteiger charge is 2.17. The minimum atomic E-state index is 0.591. The van der Waals surface area contributed by atoms with Crippen LogP contribution in [0.15, 0.2) is 0 Å². The summed E-state index contributed by atoms with van der Waals surface area (Å²) in [6.45, 7) is 5.55. The van der Waals surface area contributed by atoms with Gasteiger partial charge in [0.05, 0.1) is 6.10 Å². The van der Waals surface area contributed by atoms with Crippen LogP contribution in [0.25, 0.3) is 0 Å². The van der Waals surface area contributed by atoms with Crippen molar-refractivity contribution >= 4 is 0 Å². The maximum atomic E-state index is 5.77. The smallest absolute Gasteiger partial charge is 0.0575 e. The van der Waals surface area contributed by atoms with Crippen molar-refractivity contribution in [2.75, 3.05) is 6.61 Å². The van der Waals surface area contributed by atoms with Crippen molar-refractivity contribution in [1.82, 2.24) is 0 Å². The highest BCUT2D eigenvalue weighted by molar-refractivity contribution is 4.69. The summed E-state index contributed by atoms with van der Waals surface area (Å²) < 4.78 is 5.77. The molecule has 0 aromatic rings. The third-order valence-corrected chi connectivity index (χ3v) is 2.81. The number of unbranched alkanes of at least 4 members (excludes halogenated alkanes) is 1. The molecule has 1 aliphatic rings. The van der Waals surface area contributed by atoms with E-state index in [1.54, 1.807) is 0 Å². The molecule has 0 radical (unpaired) electrons. The Morgan fingerprint density at radius 2 is 1.83 bits per heavy atom. The Bertz CT molecular complexity index is 104. The van der Waals surface area contributed by atoms with Crippen molar-refractivity contribution in [3.05, 3.63) is 0 Å². The Kier molecular flexibility index (Phi) is 4.67. The van der Waals surface area contributed by atoms with E-state index in [1.165, 1.54) is 38.5 Å². The first kappa shape index (κ1) is 10.0. The van der Waals surface area contributed by atoms with Crippen LogP contribution in [0.5, 0.6) is 0 Å². The van der Waals surface area contributed by atoms with Crippen molar-refractivity contribution in [3.63, 3.8) is 0 Å². The van der Waals surface area contributed by atoms with Gasteiger partial charge in [-0.3, -0.25) is 0 Å². The number of rotatable bonds is 4. The van der Waals surface area contributed by atoms with Gasteiger partial charge >= 0.3 is 0 Å². The molecule has 0 unspecified atom stereocenters. The van der Waals surface area contributed by atoms with E-state index >= 15 is 0 Å². The Balaban J connectivity index is 2.01. The fourth-order valence-electron chi connectivity index (χ4n) is 1.79. The van der Waals surface area contributed by atoms with Crippen molar-refractivity contribution in [3.8, 4) is 0 Å². The molecule has 0 N–H and O–H groups in total. The summed E-state index contributed by atoms with van der Waals surface area (Å²) >= 11 is 0. The first-order chi connectivity index (χ1) is 5.83. The van der Waals surface area contributed by atoms with Crippen LogP contribution < -0.4 is 0 Å². The summed E-state index contributed by atoms with van der Waals surface area (Å²) in [4.78, 5) is 0. The van der Waals surface area contributed by atoms with Gasteiger partial charge in [-0.15, -0.1) is 0 Å². The van der Waals surface area contributed by atoms with Gasteiger partial charge in [-0.1, -0.05) is 20.3 Å². The van der Waals surface area contributed by atoms with Crippen molar-refractivity contribution < 1.29 is 4.74 Å². The predicted molar refractivity (Wildman–Crippen MR) is 52.3 cm³/mol. The molecule has 0 spiro atoms. The van der Waals surface area contributed by atoms with E-state index in [-0.39, 0.29) is 0 Å². The second-order valence-corrected chi connectivity index (χ2v) is 4.11. The maximum Gasteiger partial charge on any atom is 0.0575 e. The van der Waals surface area contributed by atoms with E-state index in [1.807, 2.05) is 0 Å². The second-order valence-electron chi connectivity index (χ2n) is 4.11. The Labute approximate surface area is 76.5 Å². The third kappa shape index (κ3) is 3.57. The first-order valence-electron chi connectivity index (χ1n) is 5.44. The lowest BCUT2D eigenvalue weighted by Gasteiger charge is -2.26. The maximum absolute atomic E-state index is 5.77. The van der Waals surface area contributed by atoms with E-state index < -0.39 is 0 Å². The highest BCUT2D eigenvalue weighted by atomic mass is 16.5. The summed E-state index contributed by atoms with van der Waals surface area (Å²) in [6.07, 6.45) is 8.41. The van der Waals surface area contributed by atoms with Gasteiger partial charge in [-0.05, 0) is 38.0 Å². The average molecular weight is 170 g/mol. The van der Waals surface area contributed by atoms with Gasteiger partial charge in [0.1, 0.15) is 0 Å². The number of hydrogen-bond donors (Lipinski definition) is 0. The lowest BCUT2D eigenvalue weighted by Crippen LogP contribution is -2.20. The van der Waals surface area contributed by atoms with Gasteiger partial charge in [-0.25, -0.2) is 0 Å². The van der Waals surface area contributed by atoms with E-state index in [9.17, 15) is 0 Å². The lowest BCUT2D eigenvalue weighted by atomic mass is 9.89. The molecule has 1 rings (SSSR count). The molecule has 0 bridgehead atoms. The van der Waals surface area contributed by atoms with Crippen LogP contribution in [0.3, 0.4) is 0 Å². The van der Waals surface area contributed by atoms with Gasteiger partial charge in [0.25, 0.3) is 0 Å². The second kappa shape index (κ2) is 5.58. The summed E-state index contributed by atoms with van der Waals surface area (Å²) in [5.74, 6) is 0.941. The predicted octanol–water partition coefficient (Wildman–Crippen LogP) is 3.38. The number of hydrogen-bond acceptors (Lipinski definition) is 1. The summed E-state index contributed by atoms with van der Waals surface area (Å²) in [7, 11) is 0. The molecule has 0 aromatic heterocycles. The quantitative estimate of drug-likeness (QED) is 0.588. The van der Waals surface area contributed by atoms with Crippen molar-refractivity contribution in [1.29, 1.82) is 0 Å². The molecule has 1 fully saturated rings. The van der Waals surface area contributed by atoms with Crippen LogP contribution in [0.1, 0.15) is 52.4 Å². The molecule has 1 saturated carbocycles. The summed E-state index contributed by atoms with van der Waals surface area (Å²) in [5, 5.41) is 0. The summed E-state index contributed by atoms with van der Waals surface area (Å²) in [5.41, 5.74) is 0. The third-order valence-electron chi connectivity index (χ3n) is 2.81. The van der Waals surface area contributed by atoms with Gasteiger partial charge < -0.3 is 4.74 Å². The van der Waals surface area contributed by atoms with E-state index in [2.05, 4.69) is 13.8 Å². The standard InChI is InChI=1S/C11H22O/c1-3-4-9-12-11-7-5-10(2)6-8-11/h10-11H,3-9H2,1-2H3. The van der Waals surface area contributed by atoms with Crippen LogP contribution >= 0.6 is 0 Å². The molecule has 0 saturated heterocycles. The van der Waals surface area contributed by atoms with Crippen LogP contribution in [0.2, 0.25) is 0 Å². The van der Waals surface area contributed by atoms with E-state index in [4.69, 9.17) is 4.74 Å². The van der Waals surface area contributed by atoms with E-state index in [0.29, 0.717) is 6.10 Å². The molecule has 1 heteroatoms. The van der Waals surface area contributed by atoms with Crippen LogP contribution in [0.4, 0.5) is 0 Å². The van der Waals surface area contributed by atoms with Crippen molar-refractivity contribution in [2.45, 2.75) is 58.5 Å². The topological polar surface area (TPSA) is 9.23 Å². The van der Waals surface area contributed by atoms with Crippen LogP contribution in [0, 0.1) is 5.92 Å². The Morgan fingerprint density at radius 3 is 2.42 bits per heavy atom. The number of ether oxygens (including phenoxy) is 1. The van der Waals surface area contributed by atoms with Crippen LogP contribution in [-0.2, 0) is 4.74 Å².